The highest BCUT2D eigenvalue weighted by Gasteiger charge is 2.14. The summed E-state index contributed by atoms with van der Waals surface area (Å²) in [4.78, 5) is 16.8. The molecule has 1 amide bonds. The molecule has 0 bridgehead atoms. The molecule has 28 heavy (non-hydrogen) atoms. The lowest BCUT2D eigenvalue weighted by Gasteiger charge is -2.08. The Hall–Kier alpha value is -2.55. The predicted molar refractivity (Wildman–Crippen MR) is 111 cm³/mol. The summed E-state index contributed by atoms with van der Waals surface area (Å²) in [5.41, 5.74) is 3.45. The molecule has 3 rings (SSSR count). The number of sulfonamides is 1. The van der Waals surface area contributed by atoms with Crippen LogP contribution in [0.4, 0.5) is 0 Å². The van der Waals surface area contributed by atoms with Gasteiger partial charge in [-0.25, -0.2) is 18.1 Å². The van der Waals surface area contributed by atoms with Gasteiger partial charge in [0.2, 0.25) is 10.0 Å². The molecule has 0 aliphatic heterocycles. The van der Waals surface area contributed by atoms with Gasteiger partial charge in [-0.05, 0) is 44.2 Å². The van der Waals surface area contributed by atoms with E-state index in [1.807, 2.05) is 36.6 Å². The van der Waals surface area contributed by atoms with Gasteiger partial charge in [0.15, 0.2) is 0 Å². The van der Waals surface area contributed by atoms with E-state index in [9.17, 15) is 13.2 Å². The van der Waals surface area contributed by atoms with Gasteiger partial charge in [0.1, 0.15) is 0 Å². The van der Waals surface area contributed by atoms with Crippen molar-refractivity contribution in [3.8, 4) is 11.3 Å². The third kappa shape index (κ3) is 4.83. The Morgan fingerprint density at radius 1 is 1.14 bits per heavy atom. The molecular weight excluding hydrogens is 394 g/mol. The molecule has 8 heteroatoms. The Balaban J connectivity index is 1.58. The van der Waals surface area contributed by atoms with Gasteiger partial charge in [-0.2, -0.15) is 0 Å². The highest BCUT2D eigenvalue weighted by atomic mass is 32.2. The summed E-state index contributed by atoms with van der Waals surface area (Å²) in [5.74, 6) is -0.303. The molecule has 2 N–H and O–H groups in total. The van der Waals surface area contributed by atoms with Gasteiger partial charge < -0.3 is 5.32 Å². The second-order valence-corrected chi connectivity index (χ2v) is 9.14. The number of amides is 1. The first-order chi connectivity index (χ1) is 13.4. The largest absolute Gasteiger partial charge is 0.352 e. The number of aryl methyl sites for hydroxylation is 1. The Labute approximate surface area is 168 Å². The summed E-state index contributed by atoms with van der Waals surface area (Å²) in [5, 5.41) is 5.90. The van der Waals surface area contributed by atoms with Crippen LogP contribution in [0.25, 0.3) is 11.3 Å². The fourth-order valence-electron chi connectivity index (χ4n) is 2.68. The second kappa shape index (κ2) is 8.64. The predicted octanol–water partition coefficient (Wildman–Crippen LogP) is 3.00. The van der Waals surface area contributed by atoms with Gasteiger partial charge in [-0.15, -0.1) is 11.3 Å². The number of nitrogens with zero attached hydrogens (tertiary/aromatic N) is 1. The molecule has 0 unspecified atom stereocenters. The Kier molecular flexibility index (Phi) is 6.23. The third-order valence-electron chi connectivity index (χ3n) is 4.24. The van der Waals surface area contributed by atoms with Crippen molar-refractivity contribution in [1.82, 2.24) is 15.0 Å². The van der Waals surface area contributed by atoms with Crippen molar-refractivity contribution in [1.29, 1.82) is 0 Å². The normalized spacial score (nSPS) is 11.4. The van der Waals surface area contributed by atoms with Crippen molar-refractivity contribution in [2.45, 2.75) is 18.2 Å². The average Bonchev–Trinajstić information content (AvgIpc) is 3.15. The molecule has 6 nitrogen and oxygen atoms in total. The van der Waals surface area contributed by atoms with Crippen LogP contribution >= 0.6 is 11.3 Å². The minimum Gasteiger partial charge on any atom is -0.352 e. The van der Waals surface area contributed by atoms with Crippen LogP contribution in [0.1, 0.15) is 20.9 Å². The monoisotopic (exact) mass is 415 g/mol. The fourth-order valence-corrected chi connectivity index (χ4v) is 4.08. The first-order valence-corrected chi connectivity index (χ1v) is 11.1. The van der Waals surface area contributed by atoms with E-state index in [1.165, 1.54) is 19.2 Å². The smallest absolute Gasteiger partial charge is 0.251 e. The van der Waals surface area contributed by atoms with Gasteiger partial charge >= 0.3 is 0 Å². The van der Waals surface area contributed by atoms with Crippen molar-refractivity contribution in [3.05, 3.63) is 70.0 Å². The molecule has 0 saturated heterocycles. The quantitative estimate of drug-likeness (QED) is 0.621. The summed E-state index contributed by atoms with van der Waals surface area (Å²) in [6.07, 6.45) is 0.677. The SMILES string of the molecule is CNS(=O)(=O)c1cccc(C(=O)NCCc2ccc(-c3csc(C)n3)cc2)c1. The van der Waals surface area contributed by atoms with Gasteiger partial charge in [-0.3, -0.25) is 4.79 Å². The lowest BCUT2D eigenvalue weighted by atomic mass is 10.1. The molecule has 0 spiro atoms. The number of carbonyl (C=O) groups is 1. The van der Waals surface area contributed by atoms with Gasteiger partial charge in [0.05, 0.1) is 15.6 Å². The maximum atomic E-state index is 12.3. The maximum Gasteiger partial charge on any atom is 0.251 e. The highest BCUT2D eigenvalue weighted by Crippen LogP contribution is 2.21. The molecule has 0 aliphatic carbocycles. The minimum absolute atomic E-state index is 0.0653. The third-order valence-corrected chi connectivity index (χ3v) is 6.43. The molecule has 146 valence electrons. The number of rotatable bonds is 7. The number of thiazole rings is 1. The highest BCUT2D eigenvalue weighted by molar-refractivity contribution is 7.89. The van der Waals surface area contributed by atoms with E-state index < -0.39 is 10.0 Å². The lowest BCUT2D eigenvalue weighted by molar-refractivity contribution is 0.0954. The van der Waals surface area contributed by atoms with Crippen LogP contribution in [-0.4, -0.2) is 32.9 Å². The summed E-state index contributed by atoms with van der Waals surface area (Å²) in [6, 6.07) is 14.1. The Bertz CT molecular complexity index is 1070. The standard InChI is InChI=1S/C20H21N3O3S2/c1-14-23-19(13-27-14)16-8-6-15(7-9-16)10-11-22-20(24)17-4-3-5-18(12-17)28(25,26)21-2/h3-9,12-13,21H,10-11H2,1-2H3,(H,22,24). The Morgan fingerprint density at radius 2 is 1.89 bits per heavy atom. The van der Waals surface area contributed by atoms with Crippen molar-refractivity contribution in [3.63, 3.8) is 0 Å². The Morgan fingerprint density at radius 3 is 2.54 bits per heavy atom. The van der Waals surface area contributed by atoms with E-state index in [0.717, 1.165) is 21.8 Å². The molecule has 1 heterocycles. The van der Waals surface area contributed by atoms with Crippen molar-refractivity contribution in [2.75, 3.05) is 13.6 Å². The first-order valence-electron chi connectivity index (χ1n) is 8.72. The van der Waals surface area contributed by atoms with Gasteiger partial charge in [-0.1, -0.05) is 30.3 Å². The minimum atomic E-state index is -3.58. The summed E-state index contributed by atoms with van der Waals surface area (Å²) in [6.45, 7) is 2.44. The topological polar surface area (TPSA) is 88.2 Å². The molecule has 3 aromatic rings. The van der Waals surface area contributed by atoms with Crippen LogP contribution in [0.5, 0.6) is 0 Å². The van der Waals surface area contributed by atoms with Gasteiger partial charge in [0.25, 0.3) is 5.91 Å². The van der Waals surface area contributed by atoms with Crippen LogP contribution < -0.4 is 10.0 Å². The van der Waals surface area contributed by atoms with E-state index in [0.29, 0.717) is 18.5 Å². The van der Waals surface area contributed by atoms with Crippen LogP contribution in [0.2, 0.25) is 0 Å². The number of nitrogens with one attached hydrogen (secondary N) is 2. The van der Waals surface area contributed by atoms with Crippen molar-refractivity contribution in [2.24, 2.45) is 0 Å². The molecule has 1 aromatic heterocycles. The summed E-state index contributed by atoms with van der Waals surface area (Å²) >= 11 is 1.62. The molecule has 0 saturated carbocycles. The molecule has 0 atom stereocenters. The van der Waals surface area contributed by atoms with E-state index in [1.54, 1.807) is 23.5 Å². The second-order valence-electron chi connectivity index (χ2n) is 6.19. The molecule has 0 radical (unpaired) electrons. The van der Waals surface area contributed by atoms with Crippen LogP contribution in [0, 0.1) is 6.92 Å². The van der Waals surface area contributed by atoms with E-state index in [2.05, 4.69) is 15.0 Å². The lowest BCUT2D eigenvalue weighted by Crippen LogP contribution is -2.26. The molecule has 0 fully saturated rings. The van der Waals surface area contributed by atoms with Crippen LogP contribution in [0.3, 0.4) is 0 Å². The van der Waals surface area contributed by atoms with E-state index in [4.69, 9.17) is 0 Å². The van der Waals surface area contributed by atoms with Crippen molar-refractivity contribution >= 4 is 27.3 Å². The van der Waals surface area contributed by atoms with Gasteiger partial charge in [0, 0.05) is 23.1 Å². The summed E-state index contributed by atoms with van der Waals surface area (Å²) in [7, 11) is -2.24. The number of carbonyl (C=O) groups excluding carboxylic acids is 1. The number of hydrogen-bond acceptors (Lipinski definition) is 5. The zero-order valence-corrected chi connectivity index (χ0v) is 17.2. The van der Waals surface area contributed by atoms with E-state index in [-0.39, 0.29) is 10.8 Å². The number of aromatic nitrogens is 1. The van der Waals surface area contributed by atoms with Crippen molar-refractivity contribution < 1.29 is 13.2 Å². The van der Waals surface area contributed by atoms with Crippen LogP contribution in [-0.2, 0) is 16.4 Å². The zero-order chi connectivity index (χ0) is 20.1. The maximum absolute atomic E-state index is 12.3. The number of hydrogen-bond donors (Lipinski definition) is 2. The molecule has 2 aromatic carbocycles. The molecule has 0 aliphatic rings. The van der Waals surface area contributed by atoms with Crippen LogP contribution in [0.15, 0.2) is 58.8 Å². The molecular formula is C20H21N3O3S2. The summed E-state index contributed by atoms with van der Waals surface area (Å²) < 4.78 is 26.0. The first kappa shape index (κ1) is 20.2. The van der Waals surface area contributed by atoms with E-state index >= 15 is 0 Å². The zero-order valence-electron chi connectivity index (χ0n) is 15.6. The fraction of sp³-hybridized carbons (Fsp3) is 0.200. The number of benzene rings is 2. The average molecular weight is 416 g/mol.